The zero-order valence-corrected chi connectivity index (χ0v) is 19.0. The number of guanidine groups is 1. The second-order valence-corrected chi connectivity index (χ2v) is 7.41. The highest BCUT2D eigenvalue weighted by molar-refractivity contribution is 6.10. The van der Waals surface area contributed by atoms with Gasteiger partial charge in [-0.3, -0.25) is 14.8 Å². The summed E-state index contributed by atoms with van der Waals surface area (Å²) < 4.78 is 21.1. The third-order valence-electron chi connectivity index (χ3n) is 5.22. The number of aromatic nitrogens is 2. The van der Waals surface area contributed by atoms with Gasteiger partial charge in [0.2, 0.25) is 5.96 Å². The number of aryl methyl sites for hydroxylation is 3. The van der Waals surface area contributed by atoms with Crippen molar-refractivity contribution in [3.63, 3.8) is 0 Å². The SMILES string of the molecule is CCn1nc(C)c(CN=C(NC(=O)c2ccc(C)c(F)c2)Nc2cccc(OC)c2)c1C. The van der Waals surface area contributed by atoms with Crippen molar-refractivity contribution in [3.05, 3.63) is 76.4 Å². The van der Waals surface area contributed by atoms with Crippen LogP contribution in [0.1, 0.15) is 39.8 Å². The molecule has 0 spiro atoms. The third kappa shape index (κ3) is 5.32. The van der Waals surface area contributed by atoms with Crippen molar-refractivity contribution >= 4 is 17.6 Å². The fraction of sp³-hybridized carbons (Fsp3) is 0.292. The number of halogens is 1. The van der Waals surface area contributed by atoms with Gasteiger partial charge in [-0.2, -0.15) is 5.10 Å². The lowest BCUT2D eigenvalue weighted by molar-refractivity contribution is 0.0976. The molecule has 3 aromatic rings. The van der Waals surface area contributed by atoms with Gasteiger partial charge in [0, 0.05) is 35.1 Å². The van der Waals surface area contributed by atoms with Crippen LogP contribution < -0.4 is 15.4 Å². The Hall–Kier alpha value is -3.68. The average molecular weight is 438 g/mol. The number of rotatable bonds is 6. The second-order valence-electron chi connectivity index (χ2n) is 7.41. The smallest absolute Gasteiger partial charge is 0.258 e. The van der Waals surface area contributed by atoms with Crippen LogP contribution in [-0.4, -0.2) is 28.8 Å². The number of aliphatic imine (C=N–C) groups is 1. The van der Waals surface area contributed by atoms with Crippen molar-refractivity contribution in [1.82, 2.24) is 15.1 Å². The van der Waals surface area contributed by atoms with Crippen LogP contribution in [0.3, 0.4) is 0 Å². The summed E-state index contributed by atoms with van der Waals surface area (Å²) >= 11 is 0. The van der Waals surface area contributed by atoms with Crippen molar-refractivity contribution in [2.75, 3.05) is 12.4 Å². The quantitative estimate of drug-likeness (QED) is 0.443. The maximum atomic E-state index is 14.0. The number of anilines is 1. The number of carbonyl (C=O) groups is 1. The first-order chi connectivity index (χ1) is 15.3. The number of ether oxygens (including phenoxy) is 1. The topological polar surface area (TPSA) is 80.5 Å². The van der Waals surface area contributed by atoms with E-state index in [-0.39, 0.29) is 11.5 Å². The molecule has 8 heteroatoms. The van der Waals surface area contributed by atoms with Crippen LogP contribution in [-0.2, 0) is 13.1 Å². The molecule has 0 saturated carbocycles. The van der Waals surface area contributed by atoms with Gasteiger partial charge >= 0.3 is 0 Å². The van der Waals surface area contributed by atoms with Gasteiger partial charge in [0.15, 0.2) is 0 Å². The lowest BCUT2D eigenvalue weighted by Crippen LogP contribution is -2.36. The van der Waals surface area contributed by atoms with Crippen molar-refractivity contribution in [2.45, 2.75) is 40.8 Å². The molecular formula is C24H28FN5O2. The molecule has 1 aromatic heterocycles. The summed E-state index contributed by atoms with van der Waals surface area (Å²) in [5.41, 5.74) is 4.29. The predicted octanol–water partition coefficient (Wildman–Crippen LogP) is 4.37. The molecule has 3 rings (SSSR count). The van der Waals surface area contributed by atoms with Crippen molar-refractivity contribution in [3.8, 4) is 5.75 Å². The molecule has 0 unspecified atom stereocenters. The van der Waals surface area contributed by atoms with Gasteiger partial charge in [0.1, 0.15) is 11.6 Å². The Kier molecular flexibility index (Phi) is 7.25. The minimum Gasteiger partial charge on any atom is -0.497 e. The molecule has 0 fully saturated rings. The molecule has 1 amide bonds. The van der Waals surface area contributed by atoms with E-state index in [1.54, 1.807) is 32.2 Å². The first-order valence-corrected chi connectivity index (χ1v) is 10.4. The molecule has 0 bridgehead atoms. The number of hydrogen-bond donors (Lipinski definition) is 2. The average Bonchev–Trinajstić information content (AvgIpc) is 3.06. The van der Waals surface area contributed by atoms with Crippen LogP contribution in [0.2, 0.25) is 0 Å². The van der Waals surface area contributed by atoms with Crippen LogP contribution in [0.5, 0.6) is 5.75 Å². The summed E-state index contributed by atoms with van der Waals surface area (Å²) in [6.07, 6.45) is 0. The van der Waals surface area contributed by atoms with E-state index in [0.29, 0.717) is 23.5 Å². The van der Waals surface area contributed by atoms with E-state index in [1.807, 2.05) is 43.7 Å². The molecular weight excluding hydrogens is 409 g/mol. The van der Waals surface area contributed by atoms with E-state index in [4.69, 9.17) is 4.74 Å². The van der Waals surface area contributed by atoms with Crippen LogP contribution >= 0.6 is 0 Å². The summed E-state index contributed by atoms with van der Waals surface area (Å²) in [7, 11) is 1.58. The van der Waals surface area contributed by atoms with E-state index in [9.17, 15) is 9.18 Å². The molecule has 0 saturated heterocycles. The predicted molar refractivity (Wildman–Crippen MR) is 124 cm³/mol. The van der Waals surface area contributed by atoms with Gasteiger partial charge in [-0.1, -0.05) is 12.1 Å². The number of nitrogens with zero attached hydrogens (tertiary/aromatic N) is 3. The van der Waals surface area contributed by atoms with Crippen molar-refractivity contribution in [1.29, 1.82) is 0 Å². The number of benzene rings is 2. The van der Waals surface area contributed by atoms with E-state index >= 15 is 0 Å². The number of amides is 1. The molecule has 1 heterocycles. The molecule has 2 aromatic carbocycles. The molecule has 0 aliphatic heterocycles. The summed E-state index contributed by atoms with van der Waals surface area (Å²) in [6.45, 7) is 8.70. The Balaban J connectivity index is 1.89. The Morgan fingerprint density at radius 1 is 1.19 bits per heavy atom. The van der Waals surface area contributed by atoms with E-state index < -0.39 is 11.7 Å². The van der Waals surface area contributed by atoms with Gasteiger partial charge < -0.3 is 10.1 Å². The summed E-state index contributed by atoms with van der Waals surface area (Å²) in [4.78, 5) is 17.4. The largest absolute Gasteiger partial charge is 0.497 e. The molecule has 7 nitrogen and oxygen atoms in total. The Morgan fingerprint density at radius 3 is 2.62 bits per heavy atom. The first-order valence-electron chi connectivity index (χ1n) is 10.4. The van der Waals surface area contributed by atoms with Crippen LogP contribution in [0.4, 0.5) is 10.1 Å². The minimum absolute atomic E-state index is 0.208. The van der Waals surface area contributed by atoms with E-state index in [1.165, 1.54) is 6.07 Å². The molecule has 0 radical (unpaired) electrons. The number of methoxy groups -OCH3 is 1. The van der Waals surface area contributed by atoms with Crippen LogP contribution in [0, 0.1) is 26.6 Å². The maximum absolute atomic E-state index is 14.0. The van der Waals surface area contributed by atoms with E-state index in [0.717, 1.165) is 23.5 Å². The zero-order chi connectivity index (χ0) is 23.3. The second kappa shape index (κ2) is 10.1. The first kappa shape index (κ1) is 23.0. The summed E-state index contributed by atoms with van der Waals surface area (Å²) in [6, 6.07) is 11.6. The highest BCUT2D eigenvalue weighted by Gasteiger charge is 2.14. The highest BCUT2D eigenvalue weighted by atomic mass is 19.1. The minimum atomic E-state index is -0.462. The van der Waals surface area contributed by atoms with Crippen LogP contribution in [0.25, 0.3) is 0 Å². The van der Waals surface area contributed by atoms with Crippen molar-refractivity contribution in [2.24, 2.45) is 4.99 Å². The van der Waals surface area contributed by atoms with Gasteiger partial charge in [-0.05, 0) is 57.5 Å². The standard InChI is InChI=1S/C24H28FN5O2/c1-6-30-17(4)21(16(3)29-30)14-26-24(27-19-8-7-9-20(13-19)32-5)28-23(31)18-11-10-15(2)22(25)12-18/h7-13H,6,14H2,1-5H3,(H2,26,27,28,31). The number of hydrogen-bond acceptors (Lipinski definition) is 4. The Labute approximate surface area is 187 Å². The zero-order valence-electron chi connectivity index (χ0n) is 19.0. The molecule has 168 valence electrons. The third-order valence-corrected chi connectivity index (χ3v) is 5.22. The fourth-order valence-corrected chi connectivity index (χ4v) is 3.29. The molecule has 32 heavy (non-hydrogen) atoms. The monoisotopic (exact) mass is 437 g/mol. The molecule has 0 atom stereocenters. The van der Waals surface area contributed by atoms with Gasteiger partial charge in [-0.25, -0.2) is 9.38 Å². The number of carbonyl (C=O) groups excluding carboxylic acids is 1. The number of nitrogens with one attached hydrogen (secondary N) is 2. The Bertz CT molecular complexity index is 1150. The maximum Gasteiger partial charge on any atom is 0.258 e. The molecule has 0 aliphatic rings. The Morgan fingerprint density at radius 2 is 1.97 bits per heavy atom. The summed E-state index contributed by atoms with van der Waals surface area (Å²) in [5.74, 6) is 0.00958. The highest BCUT2D eigenvalue weighted by Crippen LogP contribution is 2.18. The van der Waals surface area contributed by atoms with Gasteiger partial charge in [0.25, 0.3) is 5.91 Å². The molecule has 0 aliphatic carbocycles. The van der Waals surface area contributed by atoms with Gasteiger partial charge in [0.05, 0.1) is 19.3 Å². The lowest BCUT2D eigenvalue weighted by atomic mass is 10.1. The van der Waals surface area contributed by atoms with Gasteiger partial charge in [-0.15, -0.1) is 0 Å². The van der Waals surface area contributed by atoms with Crippen LogP contribution in [0.15, 0.2) is 47.5 Å². The fourth-order valence-electron chi connectivity index (χ4n) is 3.29. The van der Waals surface area contributed by atoms with Crippen molar-refractivity contribution < 1.29 is 13.9 Å². The van der Waals surface area contributed by atoms with E-state index in [2.05, 4.69) is 20.7 Å². The summed E-state index contributed by atoms with van der Waals surface area (Å²) in [5, 5.41) is 10.4. The normalized spacial score (nSPS) is 11.4. The molecule has 2 N–H and O–H groups in total. The lowest BCUT2D eigenvalue weighted by Gasteiger charge is -2.13.